The monoisotopic (exact) mass is 910 g/mol. The summed E-state index contributed by atoms with van der Waals surface area (Å²) in [4.78, 5) is 21.0. The van der Waals surface area contributed by atoms with Crippen LogP contribution in [0.25, 0.3) is 0 Å². The van der Waals surface area contributed by atoms with Crippen molar-refractivity contribution in [3.8, 4) is 0 Å². The molecule has 0 radical (unpaired) electrons. The first-order chi connectivity index (χ1) is 25.1. The number of carboxylic acids is 2. The van der Waals surface area contributed by atoms with Crippen molar-refractivity contribution >= 4 is 43.1 Å². The van der Waals surface area contributed by atoms with Gasteiger partial charge in [0.1, 0.15) is 0 Å². The number of aliphatic carboxylic acids is 2. The highest BCUT2D eigenvalue weighted by Crippen LogP contribution is 2.30. The third-order valence-corrected chi connectivity index (χ3v) is 11.3. The van der Waals surface area contributed by atoms with E-state index in [1.54, 1.807) is 6.92 Å². The Morgan fingerprint density at radius 1 is 0.569 bits per heavy atom. The normalized spacial score (nSPS) is 33.6. The number of hydrogen-bond acceptors (Lipinski definition) is 21. The molecule has 8 N–H and O–H groups in total. The first-order valence-electron chi connectivity index (χ1n) is 17.6. The van der Waals surface area contributed by atoms with Crippen molar-refractivity contribution in [1.82, 2.24) is 0 Å². The summed E-state index contributed by atoms with van der Waals surface area (Å²) in [5.41, 5.74) is 5.68. The van der Waals surface area contributed by atoms with Crippen molar-refractivity contribution in [1.29, 1.82) is 0 Å². The smallest absolute Gasteiger partial charge is 0.217 e. The zero-order chi connectivity index (χ0) is 42.5. The van der Waals surface area contributed by atoms with E-state index in [1.165, 1.54) is 0 Å². The van der Waals surface area contributed by atoms with E-state index in [0.717, 1.165) is 0 Å². The molecule has 13 unspecified atom stereocenters. The third kappa shape index (κ3) is 24.5. The molecule has 27 heteroatoms. The minimum absolute atomic E-state index is 0. The molecule has 0 aliphatic carbocycles. The molecule has 0 saturated carbocycles. The summed E-state index contributed by atoms with van der Waals surface area (Å²) in [6, 6.07) is -0.0323. The molecule has 0 spiro atoms. The van der Waals surface area contributed by atoms with Crippen LogP contribution in [0.3, 0.4) is 0 Å². The molecule has 0 aromatic carbocycles. The molecule has 24 nitrogen and oxygen atoms in total. The second-order valence-corrected chi connectivity index (χ2v) is 17.7. The Morgan fingerprint density at radius 2 is 1.03 bits per heavy atom. The van der Waals surface area contributed by atoms with E-state index in [-0.39, 0.29) is 52.9 Å². The summed E-state index contributed by atoms with van der Waals surface area (Å²) >= 11 is 0. The van der Waals surface area contributed by atoms with Gasteiger partial charge in [0.05, 0.1) is 82.1 Å². The zero-order valence-electron chi connectivity index (χ0n) is 33.3. The Balaban J connectivity index is -0.000000695. The summed E-state index contributed by atoms with van der Waals surface area (Å²) in [5, 5.41) is 21.0. The van der Waals surface area contributed by atoms with E-state index in [2.05, 4.69) is 33.3 Å². The van der Waals surface area contributed by atoms with Gasteiger partial charge >= 0.3 is 0 Å². The second-order valence-electron chi connectivity index (χ2n) is 14.5. The van der Waals surface area contributed by atoms with E-state index < -0.39 is 80.8 Å². The molecule has 4 rings (SSSR count). The average Bonchev–Trinajstić information content (AvgIpc) is 3.42. The minimum atomic E-state index is -4.80. The van der Waals surface area contributed by atoms with Crippen LogP contribution in [0.1, 0.15) is 67.7 Å². The van der Waals surface area contributed by atoms with Crippen LogP contribution >= 0.6 is 0 Å². The fraction of sp³-hybridized carbons (Fsp3) is 0.935. The predicted octanol–water partition coefficient (Wildman–Crippen LogP) is -4.68. The van der Waals surface area contributed by atoms with Crippen LogP contribution in [-0.2, 0) is 72.3 Å². The number of carbonyl (C=O) groups excluding carboxylic acids is 2. The van der Waals surface area contributed by atoms with Gasteiger partial charge < -0.3 is 74.6 Å². The van der Waals surface area contributed by atoms with Gasteiger partial charge in [0, 0.05) is 6.04 Å². The average molecular weight is 911 g/mol. The molecule has 0 amide bonds. The molecular weight excluding hydrogens is 851 g/mol. The molecule has 0 aromatic heterocycles. The van der Waals surface area contributed by atoms with Gasteiger partial charge in [-0.1, -0.05) is 48.5 Å². The van der Waals surface area contributed by atoms with Gasteiger partial charge in [0.25, 0.3) is 0 Å². The Hall–Kier alpha value is -1.77. The molecule has 4 saturated heterocycles. The van der Waals surface area contributed by atoms with Crippen LogP contribution in [0, 0.1) is 41.4 Å². The third-order valence-electron chi connectivity index (χ3n) is 10.1. The van der Waals surface area contributed by atoms with Gasteiger partial charge in [0.15, 0.2) is 0 Å². The van der Waals surface area contributed by atoms with Gasteiger partial charge in [0.2, 0.25) is 31.2 Å². The molecule has 0 aromatic rings. The number of rotatable bonds is 11. The van der Waals surface area contributed by atoms with Crippen molar-refractivity contribution in [2.75, 3.05) is 39.6 Å². The Bertz CT molecular complexity index is 1520. The van der Waals surface area contributed by atoms with Crippen molar-refractivity contribution in [3.63, 3.8) is 0 Å². The van der Waals surface area contributed by atoms with E-state index in [1.807, 2.05) is 20.8 Å². The quantitative estimate of drug-likeness (QED) is 0.150. The van der Waals surface area contributed by atoms with Gasteiger partial charge in [-0.15, -0.1) is 0 Å². The van der Waals surface area contributed by atoms with Crippen LogP contribution in [0.5, 0.6) is 0 Å². The van der Waals surface area contributed by atoms with Crippen LogP contribution in [0.4, 0.5) is 0 Å². The van der Waals surface area contributed by atoms with E-state index in [4.69, 9.17) is 24.7 Å². The van der Waals surface area contributed by atoms with E-state index in [9.17, 15) is 58.7 Å². The maximum Gasteiger partial charge on any atom is 0.217 e. The summed E-state index contributed by atoms with van der Waals surface area (Å²) in [7, 11) is -14.2. The molecule has 4 heterocycles. The minimum Gasteiger partial charge on any atom is -0.726 e. The lowest BCUT2D eigenvalue weighted by molar-refractivity contribution is -0.323. The second kappa shape index (κ2) is 27.2. The lowest BCUT2D eigenvalue weighted by atomic mass is 9.80. The zero-order valence-corrected chi connectivity index (χ0v) is 35.8. The van der Waals surface area contributed by atoms with Crippen molar-refractivity contribution < 1.29 is 107 Å². The van der Waals surface area contributed by atoms with Crippen molar-refractivity contribution in [2.45, 2.75) is 104 Å². The summed E-state index contributed by atoms with van der Waals surface area (Å²) in [5.74, 6) is -0.306. The molecule has 4 aliphatic heterocycles. The number of ether oxygens (including phenoxy) is 4. The Morgan fingerprint density at radius 3 is 1.48 bits per heavy atom. The standard InChI is InChI=1S/C9H16O3.C8H14O3.C7H15NO5S.C7H14O9S2.3H2O/c1-5-4-12-8(9(10)11)7(3)6(5)2;1-5-3-7(8(9)10)11-4-6(5)2;1-5-2-6(12-4-7(5)8)3-13-14(9,10)11;1-5-2-6(3-14-17(8,9)10)16-7(5)4-15-18(11,12)13;;;/h5-8H,4H2,1-3H3,(H,10,11);5-7H,3-4H2,1-2H3,(H,9,10);5-7H,2-4,8H2,1H3,(H,9,10,11);5-7H,2-4H2,1H3,(H,8,9,10)(H,11,12,13);3*1H2/p-5. The highest BCUT2D eigenvalue weighted by Gasteiger charge is 2.34. The summed E-state index contributed by atoms with van der Waals surface area (Å²) in [6.45, 7) is 14.1. The summed E-state index contributed by atoms with van der Waals surface area (Å²) in [6.07, 6.45) is -1.52. The molecule has 350 valence electrons. The molecule has 13 atom stereocenters. The SMILES string of the molecule is CC1CC(COS(=O)(=O)[O-])OC1COS(=O)(=O)[O-].CC1CC(COS(=O)(=O)[O-])OCC1N.CC1COC(C(=O)[O-])C(C)C1C.CC1COC(C(=O)[O-])CC1C.O.O.O. The van der Waals surface area contributed by atoms with Gasteiger partial charge in [-0.2, -0.15) is 0 Å². The van der Waals surface area contributed by atoms with Crippen LogP contribution < -0.4 is 15.9 Å². The fourth-order valence-corrected chi connectivity index (χ4v) is 6.78. The Kier molecular flexibility index (Phi) is 28.4. The Labute approximate surface area is 340 Å². The van der Waals surface area contributed by atoms with Crippen molar-refractivity contribution in [3.05, 3.63) is 0 Å². The number of nitrogens with two attached hydrogens (primary N) is 1. The number of carboxylic acid groups (broad SMARTS) is 2. The van der Waals surface area contributed by atoms with Gasteiger partial charge in [-0.25, -0.2) is 25.3 Å². The molecule has 58 heavy (non-hydrogen) atoms. The lowest BCUT2D eigenvalue weighted by Gasteiger charge is -2.38. The van der Waals surface area contributed by atoms with Crippen molar-refractivity contribution in [2.24, 2.45) is 47.2 Å². The molecule has 0 bridgehead atoms. The van der Waals surface area contributed by atoms with Crippen LogP contribution in [0.2, 0.25) is 0 Å². The van der Waals surface area contributed by atoms with E-state index >= 15 is 0 Å². The van der Waals surface area contributed by atoms with Gasteiger partial charge in [-0.3, -0.25) is 12.5 Å². The van der Waals surface area contributed by atoms with Gasteiger partial charge in [-0.05, 0) is 60.7 Å². The number of carbonyl (C=O) groups is 2. The summed E-state index contributed by atoms with van der Waals surface area (Å²) < 4.78 is 125. The van der Waals surface area contributed by atoms with Crippen LogP contribution in [-0.4, -0.2) is 143 Å². The highest BCUT2D eigenvalue weighted by molar-refractivity contribution is 7.81. The first kappa shape index (κ1) is 60.5. The van der Waals surface area contributed by atoms with Crippen LogP contribution in [0.15, 0.2) is 0 Å². The highest BCUT2D eigenvalue weighted by atomic mass is 32.3. The predicted molar refractivity (Wildman–Crippen MR) is 192 cm³/mol. The topological polar surface area (TPSA) is 437 Å². The maximum atomic E-state index is 10.6. The first-order valence-corrected chi connectivity index (χ1v) is 21.6. The lowest BCUT2D eigenvalue weighted by Crippen LogP contribution is -2.48. The molecule has 4 fully saturated rings. The number of hydrogen-bond donors (Lipinski definition) is 1. The largest absolute Gasteiger partial charge is 0.726 e. The molecular formula is C31H60NO23S3-5. The van der Waals surface area contributed by atoms with E-state index in [0.29, 0.717) is 62.8 Å². The molecule has 4 aliphatic rings. The fourth-order valence-electron chi connectivity index (χ4n) is 5.84. The maximum absolute atomic E-state index is 10.6.